The highest BCUT2D eigenvalue weighted by Crippen LogP contribution is 2.27. The molecule has 178 valence electrons. The Morgan fingerprint density at radius 2 is 1.76 bits per heavy atom. The standard InChI is InChI=1S/C28H33ClN4O/c1-20-5-4-16-30-26(20)27(22-8-10-24(29)11-9-22)31-28(34)23-14-17-33(18-15-23)19-21-6-12-25(13-7-21)32(2)3/h4-13,16,23,27H,14-15,17-19H2,1-3H3,(H,31,34). The number of aromatic nitrogens is 1. The summed E-state index contributed by atoms with van der Waals surface area (Å²) in [6, 6.07) is 20.0. The number of nitrogens with one attached hydrogen (secondary N) is 1. The molecule has 34 heavy (non-hydrogen) atoms. The molecule has 0 aliphatic carbocycles. The summed E-state index contributed by atoms with van der Waals surface area (Å²) in [7, 11) is 4.11. The van der Waals surface area contributed by atoms with E-state index < -0.39 is 0 Å². The fourth-order valence-electron chi connectivity index (χ4n) is 4.54. The quantitative estimate of drug-likeness (QED) is 0.507. The van der Waals surface area contributed by atoms with Crippen LogP contribution in [0.25, 0.3) is 0 Å². The lowest BCUT2D eigenvalue weighted by molar-refractivity contribution is -0.127. The van der Waals surface area contributed by atoms with Crippen LogP contribution >= 0.6 is 11.6 Å². The van der Waals surface area contributed by atoms with Gasteiger partial charge in [-0.2, -0.15) is 0 Å². The van der Waals surface area contributed by atoms with Gasteiger partial charge in [0.05, 0.1) is 11.7 Å². The number of amides is 1. The minimum atomic E-state index is -0.292. The van der Waals surface area contributed by atoms with Crippen LogP contribution in [0.1, 0.15) is 41.3 Å². The molecular weight excluding hydrogens is 444 g/mol. The second kappa shape index (κ2) is 11.0. The van der Waals surface area contributed by atoms with Gasteiger partial charge in [0.2, 0.25) is 5.91 Å². The number of rotatable bonds is 7. The lowest BCUT2D eigenvalue weighted by Crippen LogP contribution is -2.41. The number of hydrogen-bond donors (Lipinski definition) is 1. The lowest BCUT2D eigenvalue weighted by atomic mass is 9.93. The molecular formula is C28H33ClN4O. The van der Waals surface area contributed by atoms with Crippen LogP contribution in [0.2, 0.25) is 5.02 Å². The zero-order chi connectivity index (χ0) is 24.1. The van der Waals surface area contributed by atoms with Gasteiger partial charge in [0.15, 0.2) is 0 Å². The highest BCUT2D eigenvalue weighted by atomic mass is 35.5. The molecule has 1 aliphatic rings. The summed E-state index contributed by atoms with van der Waals surface area (Å²) in [5.41, 5.74) is 5.42. The van der Waals surface area contributed by atoms with Crippen molar-refractivity contribution < 1.29 is 4.79 Å². The molecule has 3 aromatic rings. The third-order valence-corrected chi connectivity index (χ3v) is 6.88. The fraction of sp³-hybridized carbons (Fsp3) is 0.357. The van der Waals surface area contributed by atoms with Crippen LogP contribution in [-0.4, -0.2) is 43.0 Å². The molecule has 5 nitrogen and oxygen atoms in total. The van der Waals surface area contributed by atoms with E-state index in [-0.39, 0.29) is 17.9 Å². The fourth-order valence-corrected chi connectivity index (χ4v) is 4.66. The minimum absolute atomic E-state index is 0.00573. The molecule has 0 spiro atoms. The Morgan fingerprint density at radius 3 is 2.38 bits per heavy atom. The maximum absolute atomic E-state index is 13.3. The molecule has 0 radical (unpaired) electrons. The Morgan fingerprint density at radius 1 is 1.09 bits per heavy atom. The molecule has 1 saturated heterocycles. The van der Waals surface area contributed by atoms with Gasteiger partial charge in [-0.3, -0.25) is 14.7 Å². The molecule has 0 bridgehead atoms. The predicted octanol–water partition coefficient (Wildman–Crippen LogP) is 5.23. The zero-order valence-corrected chi connectivity index (χ0v) is 20.9. The predicted molar refractivity (Wildman–Crippen MR) is 139 cm³/mol. The first-order valence-electron chi connectivity index (χ1n) is 11.9. The van der Waals surface area contributed by atoms with Crippen LogP contribution in [0, 0.1) is 12.8 Å². The molecule has 1 unspecified atom stereocenters. The topological polar surface area (TPSA) is 48.5 Å². The summed E-state index contributed by atoms with van der Waals surface area (Å²) in [5, 5.41) is 3.97. The van der Waals surface area contributed by atoms with Gasteiger partial charge in [-0.15, -0.1) is 0 Å². The average Bonchev–Trinajstić information content (AvgIpc) is 2.84. The second-order valence-corrected chi connectivity index (χ2v) is 9.75. The van der Waals surface area contributed by atoms with Crippen molar-refractivity contribution in [3.8, 4) is 0 Å². The van der Waals surface area contributed by atoms with Crippen LogP contribution in [0.4, 0.5) is 5.69 Å². The van der Waals surface area contributed by atoms with Crippen LogP contribution in [0.5, 0.6) is 0 Å². The van der Waals surface area contributed by atoms with Crippen LogP contribution in [0.15, 0.2) is 66.9 Å². The Balaban J connectivity index is 1.39. The van der Waals surface area contributed by atoms with Gasteiger partial charge >= 0.3 is 0 Å². The van der Waals surface area contributed by atoms with Gasteiger partial charge < -0.3 is 10.2 Å². The Labute approximate surface area is 207 Å². The maximum Gasteiger partial charge on any atom is 0.224 e. The first kappa shape index (κ1) is 24.2. The number of halogens is 1. The summed E-state index contributed by atoms with van der Waals surface area (Å²) in [5.74, 6) is 0.103. The van der Waals surface area contributed by atoms with Crippen LogP contribution < -0.4 is 10.2 Å². The van der Waals surface area contributed by atoms with Crippen molar-refractivity contribution in [3.05, 3.63) is 94.3 Å². The first-order valence-corrected chi connectivity index (χ1v) is 12.2. The number of anilines is 1. The van der Waals surface area contributed by atoms with Crippen molar-refractivity contribution in [2.45, 2.75) is 32.4 Å². The number of aryl methyl sites for hydroxylation is 1. The van der Waals surface area contributed by atoms with Crippen molar-refractivity contribution >= 4 is 23.2 Å². The molecule has 4 rings (SSSR count). The molecule has 2 aromatic carbocycles. The van der Waals surface area contributed by atoms with Crippen molar-refractivity contribution in [2.24, 2.45) is 5.92 Å². The van der Waals surface area contributed by atoms with E-state index in [1.54, 1.807) is 6.20 Å². The van der Waals surface area contributed by atoms with E-state index in [4.69, 9.17) is 11.6 Å². The number of carbonyl (C=O) groups excluding carboxylic acids is 1. The Bertz CT molecular complexity index is 1090. The van der Waals surface area contributed by atoms with Gasteiger partial charge in [0.1, 0.15) is 0 Å². The molecule has 1 amide bonds. The number of hydrogen-bond acceptors (Lipinski definition) is 4. The molecule has 0 saturated carbocycles. The maximum atomic E-state index is 13.3. The summed E-state index contributed by atoms with van der Waals surface area (Å²) < 4.78 is 0. The average molecular weight is 477 g/mol. The molecule has 2 heterocycles. The highest BCUT2D eigenvalue weighted by molar-refractivity contribution is 6.30. The summed E-state index contributed by atoms with van der Waals surface area (Å²) in [6.07, 6.45) is 3.49. The SMILES string of the molecule is Cc1cccnc1C(NC(=O)C1CCN(Cc2ccc(N(C)C)cc2)CC1)c1ccc(Cl)cc1. The van der Waals surface area contributed by atoms with Gasteiger partial charge in [0, 0.05) is 43.5 Å². The molecule has 1 aromatic heterocycles. The number of likely N-dealkylation sites (tertiary alicyclic amines) is 1. The van der Waals surface area contributed by atoms with E-state index in [1.165, 1.54) is 11.3 Å². The van der Waals surface area contributed by atoms with Crippen molar-refractivity contribution in [1.82, 2.24) is 15.2 Å². The largest absolute Gasteiger partial charge is 0.378 e. The van der Waals surface area contributed by atoms with Gasteiger partial charge in [-0.25, -0.2) is 0 Å². The van der Waals surface area contributed by atoms with E-state index in [0.29, 0.717) is 5.02 Å². The Kier molecular flexibility index (Phi) is 7.86. The third-order valence-electron chi connectivity index (χ3n) is 6.63. The van der Waals surface area contributed by atoms with Crippen molar-refractivity contribution in [3.63, 3.8) is 0 Å². The van der Waals surface area contributed by atoms with Gasteiger partial charge in [-0.1, -0.05) is 41.9 Å². The smallest absolute Gasteiger partial charge is 0.224 e. The van der Waals surface area contributed by atoms with Crippen LogP contribution in [0.3, 0.4) is 0 Å². The summed E-state index contributed by atoms with van der Waals surface area (Å²) >= 11 is 6.10. The minimum Gasteiger partial charge on any atom is -0.378 e. The molecule has 1 N–H and O–H groups in total. The Hall–Kier alpha value is -2.89. The third kappa shape index (κ3) is 5.96. The number of pyridine rings is 1. The van der Waals surface area contributed by atoms with Gasteiger partial charge in [-0.05, 0) is 79.9 Å². The summed E-state index contributed by atoms with van der Waals surface area (Å²) in [6.45, 7) is 4.78. The number of carbonyl (C=O) groups is 1. The normalized spacial score (nSPS) is 15.6. The van der Waals surface area contributed by atoms with Crippen LogP contribution in [-0.2, 0) is 11.3 Å². The number of nitrogens with zero attached hydrogens (tertiary/aromatic N) is 3. The molecule has 1 atom stereocenters. The zero-order valence-electron chi connectivity index (χ0n) is 20.2. The molecule has 1 fully saturated rings. The molecule has 6 heteroatoms. The number of benzene rings is 2. The molecule has 1 aliphatic heterocycles. The lowest BCUT2D eigenvalue weighted by Gasteiger charge is -2.32. The van der Waals surface area contributed by atoms with Gasteiger partial charge in [0.25, 0.3) is 0 Å². The first-order chi connectivity index (χ1) is 16.4. The van der Waals surface area contributed by atoms with E-state index in [1.807, 2.05) is 43.3 Å². The van der Waals surface area contributed by atoms with E-state index >= 15 is 0 Å². The number of piperidine rings is 1. The summed E-state index contributed by atoms with van der Waals surface area (Å²) in [4.78, 5) is 22.5. The van der Waals surface area contributed by atoms with E-state index in [9.17, 15) is 4.79 Å². The second-order valence-electron chi connectivity index (χ2n) is 9.31. The van der Waals surface area contributed by atoms with E-state index in [2.05, 4.69) is 58.5 Å². The highest BCUT2D eigenvalue weighted by Gasteiger charge is 2.28. The monoisotopic (exact) mass is 476 g/mol. The van der Waals surface area contributed by atoms with Crippen molar-refractivity contribution in [1.29, 1.82) is 0 Å². The van der Waals surface area contributed by atoms with Crippen molar-refractivity contribution in [2.75, 3.05) is 32.1 Å². The van der Waals surface area contributed by atoms with E-state index in [0.717, 1.165) is 49.3 Å².